The minimum absolute atomic E-state index is 0.182. The van der Waals surface area contributed by atoms with Gasteiger partial charge < -0.3 is 13.9 Å². The van der Waals surface area contributed by atoms with Gasteiger partial charge in [0, 0.05) is 30.8 Å². The van der Waals surface area contributed by atoms with Gasteiger partial charge in [-0.05, 0) is 47.9 Å². The molecule has 1 fully saturated rings. The average molecular weight is 515 g/mol. The summed E-state index contributed by atoms with van der Waals surface area (Å²) in [6, 6.07) is 26.6. The van der Waals surface area contributed by atoms with Crippen LogP contribution in [0, 0.1) is 6.92 Å². The number of thioether (sulfide) groups is 1. The second-order valence-electron chi connectivity index (χ2n) is 8.92. The van der Waals surface area contributed by atoms with E-state index in [0.29, 0.717) is 25.5 Å². The molecular weight excluding hydrogens is 484 g/mol. The van der Waals surface area contributed by atoms with Crippen LogP contribution in [0.2, 0.25) is 0 Å². The van der Waals surface area contributed by atoms with Crippen LogP contribution < -0.4 is 4.74 Å². The Bertz CT molecular complexity index is 1320. The second kappa shape index (κ2) is 11.7. The lowest BCUT2D eigenvalue weighted by molar-refractivity contribution is -0.143. The lowest BCUT2D eigenvalue weighted by Gasteiger charge is -2.21. The lowest BCUT2D eigenvalue weighted by atomic mass is 10.0. The highest BCUT2D eigenvalue weighted by Gasteiger charge is 2.32. The van der Waals surface area contributed by atoms with Gasteiger partial charge in [0.15, 0.2) is 5.37 Å². The standard InChI is InChI=1S/C30H30N2O4S/c1-21-27(31-28(36-21)25-12-10-24(11-13-25)23-6-4-3-5-7-23)16-18-35-26-14-8-22(9-15-26)20-32-17-19-37-29(32)30(33)34-2/h3-15,29H,16-20H2,1-2H3. The number of hydrogen-bond acceptors (Lipinski definition) is 7. The average Bonchev–Trinajstić information content (AvgIpc) is 3.56. The van der Waals surface area contributed by atoms with Gasteiger partial charge in [0.2, 0.25) is 5.89 Å². The molecule has 37 heavy (non-hydrogen) atoms. The van der Waals surface area contributed by atoms with E-state index in [4.69, 9.17) is 18.9 Å². The third-order valence-electron chi connectivity index (χ3n) is 6.44. The Morgan fingerprint density at radius 1 is 1.00 bits per heavy atom. The summed E-state index contributed by atoms with van der Waals surface area (Å²) in [5.74, 6) is 3.00. The number of aromatic nitrogens is 1. The topological polar surface area (TPSA) is 64.8 Å². The van der Waals surface area contributed by atoms with Crippen LogP contribution in [0.3, 0.4) is 0 Å². The fourth-order valence-electron chi connectivity index (χ4n) is 4.39. The highest BCUT2D eigenvalue weighted by molar-refractivity contribution is 8.00. The van der Waals surface area contributed by atoms with Gasteiger partial charge in [0.25, 0.3) is 0 Å². The predicted molar refractivity (Wildman–Crippen MR) is 146 cm³/mol. The molecule has 0 N–H and O–H groups in total. The maximum absolute atomic E-state index is 12.0. The number of rotatable bonds is 9. The first-order chi connectivity index (χ1) is 18.1. The molecule has 4 aromatic rings. The number of methoxy groups -OCH3 is 1. The third kappa shape index (κ3) is 6.06. The molecule has 1 atom stereocenters. The number of hydrogen-bond donors (Lipinski definition) is 0. The molecule has 0 amide bonds. The van der Waals surface area contributed by atoms with Crippen molar-refractivity contribution >= 4 is 17.7 Å². The van der Waals surface area contributed by atoms with E-state index < -0.39 is 0 Å². The van der Waals surface area contributed by atoms with Crippen molar-refractivity contribution in [3.05, 3.63) is 95.9 Å². The Balaban J connectivity index is 1.14. The molecule has 3 aromatic carbocycles. The number of nitrogens with zero attached hydrogens (tertiary/aromatic N) is 2. The number of benzene rings is 3. The Morgan fingerprint density at radius 3 is 2.43 bits per heavy atom. The van der Waals surface area contributed by atoms with Gasteiger partial charge in [0.1, 0.15) is 11.5 Å². The monoisotopic (exact) mass is 514 g/mol. The van der Waals surface area contributed by atoms with Gasteiger partial charge in [0.05, 0.1) is 19.4 Å². The Hall–Kier alpha value is -3.55. The van der Waals surface area contributed by atoms with Crippen LogP contribution in [-0.2, 0) is 22.5 Å². The number of oxazole rings is 1. The molecule has 7 heteroatoms. The SMILES string of the molecule is COC(=O)C1SCCN1Cc1ccc(OCCc2nc(-c3ccc(-c4ccccc4)cc3)oc2C)cc1. The molecule has 0 spiro atoms. The first kappa shape index (κ1) is 25.1. The third-order valence-corrected chi connectivity index (χ3v) is 7.66. The number of esters is 1. The van der Waals surface area contributed by atoms with Gasteiger partial charge in [-0.3, -0.25) is 4.90 Å². The lowest BCUT2D eigenvalue weighted by Crippen LogP contribution is -2.34. The van der Waals surface area contributed by atoms with Gasteiger partial charge in [-0.2, -0.15) is 0 Å². The molecule has 190 valence electrons. The molecule has 1 unspecified atom stereocenters. The Labute approximate surface area is 221 Å². The summed E-state index contributed by atoms with van der Waals surface area (Å²) in [4.78, 5) is 18.8. The maximum Gasteiger partial charge on any atom is 0.333 e. The zero-order valence-electron chi connectivity index (χ0n) is 21.1. The summed E-state index contributed by atoms with van der Waals surface area (Å²) in [5, 5.41) is -0.224. The van der Waals surface area contributed by atoms with E-state index in [1.165, 1.54) is 12.7 Å². The molecule has 2 heterocycles. The molecular formula is C30H30N2O4S. The number of carbonyl (C=O) groups excluding carboxylic acids is 1. The van der Waals surface area contributed by atoms with E-state index in [0.717, 1.165) is 46.2 Å². The molecule has 0 bridgehead atoms. The van der Waals surface area contributed by atoms with Crippen LogP contribution in [0.5, 0.6) is 5.75 Å². The first-order valence-electron chi connectivity index (χ1n) is 12.4. The van der Waals surface area contributed by atoms with Crippen LogP contribution >= 0.6 is 11.8 Å². The molecule has 0 aliphatic carbocycles. The zero-order valence-corrected chi connectivity index (χ0v) is 21.9. The van der Waals surface area contributed by atoms with Crippen molar-refractivity contribution in [3.8, 4) is 28.3 Å². The number of carbonyl (C=O) groups is 1. The van der Waals surface area contributed by atoms with E-state index in [-0.39, 0.29) is 11.3 Å². The fourth-order valence-corrected chi connectivity index (χ4v) is 5.58. The zero-order chi connectivity index (χ0) is 25.6. The highest BCUT2D eigenvalue weighted by Crippen LogP contribution is 2.28. The summed E-state index contributed by atoms with van der Waals surface area (Å²) >= 11 is 1.63. The highest BCUT2D eigenvalue weighted by atomic mass is 32.2. The Morgan fingerprint density at radius 2 is 1.70 bits per heavy atom. The minimum Gasteiger partial charge on any atom is -0.493 e. The molecule has 1 saturated heterocycles. The smallest absolute Gasteiger partial charge is 0.333 e. The minimum atomic E-state index is -0.224. The second-order valence-corrected chi connectivity index (χ2v) is 10.1. The van der Waals surface area contributed by atoms with Gasteiger partial charge >= 0.3 is 5.97 Å². The quantitative estimate of drug-likeness (QED) is 0.254. The summed E-state index contributed by atoms with van der Waals surface area (Å²) in [5.41, 5.74) is 5.34. The van der Waals surface area contributed by atoms with Crippen molar-refractivity contribution in [2.75, 3.05) is 26.0 Å². The van der Waals surface area contributed by atoms with Crippen LogP contribution in [0.25, 0.3) is 22.6 Å². The van der Waals surface area contributed by atoms with E-state index in [2.05, 4.69) is 29.2 Å². The van der Waals surface area contributed by atoms with Crippen LogP contribution in [0.4, 0.5) is 0 Å². The maximum atomic E-state index is 12.0. The number of ether oxygens (including phenoxy) is 2. The normalized spacial score (nSPS) is 15.6. The molecule has 5 rings (SSSR count). The molecule has 6 nitrogen and oxygen atoms in total. The van der Waals surface area contributed by atoms with Crippen molar-refractivity contribution in [1.82, 2.24) is 9.88 Å². The largest absolute Gasteiger partial charge is 0.493 e. The van der Waals surface area contributed by atoms with Gasteiger partial charge in [-0.25, -0.2) is 9.78 Å². The molecule has 0 saturated carbocycles. The summed E-state index contributed by atoms with van der Waals surface area (Å²) in [6.07, 6.45) is 0.658. The van der Waals surface area contributed by atoms with E-state index in [9.17, 15) is 4.79 Å². The summed E-state index contributed by atoms with van der Waals surface area (Å²) in [7, 11) is 1.44. The van der Waals surface area contributed by atoms with Gasteiger partial charge in [-0.15, -0.1) is 11.8 Å². The number of aryl methyl sites for hydroxylation is 1. The van der Waals surface area contributed by atoms with Crippen molar-refractivity contribution in [1.29, 1.82) is 0 Å². The Kier molecular flexibility index (Phi) is 7.92. The predicted octanol–water partition coefficient (Wildman–Crippen LogP) is 5.99. The van der Waals surface area contributed by atoms with Gasteiger partial charge in [-0.1, -0.05) is 54.6 Å². The van der Waals surface area contributed by atoms with E-state index in [1.807, 2.05) is 61.5 Å². The van der Waals surface area contributed by atoms with Crippen LogP contribution in [-0.4, -0.2) is 47.2 Å². The van der Waals surface area contributed by atoms with E-state index in [1.54, 1.807) is 11.8 Å². The van der Waals surface area contributed by atoms with Crippen molar-refractivity contribution in [3.63, 3.8) is 0 Å². The molecule has 1 aliphatic rings. The molecule has 0 radical (unpaired) electrons. The summed E-state index contributed by atoms with van der Waals surface area (Å²) < 4.78 is 16.9. The summed E-state index contributed by atoms with van der Waals surface area (Å²) in [6.45, 7) is 4.03. The fraction of sp³-hybridized carbons (Fsp3) is 0.267. The van der Waals surface area contributed by atoms with Crippen molar-refractivity contribution in [2.24, 2.45) is 0 Å². The van der Waals surface area contributed by atoms with Crippen molar-refractivity contribution < 1.29 is 18.7 Å². The van der Waals surface area contributed by atoms with Crippen molar-refractivity contribution in [2.45, 2.75) is 25.3 Å². The molecule has 1 aliphatic heterocycles. The van der Waals surface area contributed by atoms with E-state index >= 15 is 0 Å². The first-order valence-corrected chi connectivity index (χ1v) is 13.4. The molecule has 1 aromatic heterocycles. The van der Waals surface area contributed by atoms with Crippen LogP contribution in [0.1, 0.15) is 17.0 Å². The van der Waals surface area contributed by atoms with Crippen LogP contribution in [0.15, 0.2) is 83.3 Å².